The van der Waals surface area contributed by atoms with Gasteiger partial charge in [0.1, 0.15) is 5.75 Å². The third-order valence-electron chi connectivity index (χ3n) is 4.29. The van der Waals surface area contributed by atoms with Crippen molar-refractivity contribution >= 4 is 11.6 Å². The fraction of sp³-hybridized carbons (Fsp3) is 0.562. The van der Waals surface area contributed by atoms with Crippen molar-refractivity contribution in [3.8, 4) is 5.75 Å². The number of piperazine rings is 1. The first-order chi connectivity index (χ1) is 10.2. The van der Waals surface area contributed by atoms with E-state index in [0.717, 1.165) is 44.2 Å². The molecular weight excluding hydrogens is 266 g/mol. The number of carbonyl (C=O) groups excluding carboxylic acids is 1. The summed E-state index contributed by atoms with van der Waals surface area (Å²) in [7, 11) is 0. The number of rotatable bonds is 2. The standard InChI is InChI=1S/C16H23N3O2/c1-3-18-6-8-19(9-7-18)16(20)15-11-17-13-10-12(2)4-5-14(13)21-15/h4-5,10,15,17H,3,6-9,11H2,1-2H3. The quantitative estimate of drug-likeness (QED) is 0.892. The van der Waals surface area contributed by atoms with Gasteiger partial charge in [-0.15, -0.1) is 0 Å². The number of ether oxygens (including phenoxy) is 1. The van der Waals surface area contributed by atoms with Crippen LogP contribution in [0.2, 0.25) is 0 Å². The fourth-order valence-corrected chi connectivity index (χ4v) is 2.91. The van der Waals surface area contributed by atoms with E-state index in [-0.39, 0.29) is 5.91 Å². The molecule has 114 valence electrons. The number of likely N-dealkylation sites (N-methyl/N-ethyl adjacent to an activating group) is 1. The van der Waals surface area contributed by atoms with Gasteiger partial charge in [0, 0.05) is 26.2 Å². The van der Waals surface area contributed by atoms with Crippen molar-refractivity contribution in [3.63, 3.8) is 0 Å². The Balaban J connectivity index is 1.63. The average molecular weight is 289 g/mol. The van der Waals surface area contributed by atoms with E-state index < -0.39 is 6.10 Å². The second kappa shape index (κ2) is 5.93. The molecule has 2 aliphatic rings. The number of hydrogen-bond donors (Lipinski definition) is 1. The minimum absolute atomic E-state index is 0.101. The van der Waals surface area contributed by atoms with E-state index in [1.807, 2.05) is 24.0 Å². The van der Waals surface area contributed by atoms with E-state index in [0.29, 0.717) is 6.54 Å². The molecule has 0 radical (unpaired) electrons. The Kier molecular flexibility index (Phi) is 4.01. The number of nitrogens with one attached hydrogen (secondary N) is 1. The predicted molar refractivity (Wildman–Crippen MR) is 82.8 cm³/mol. The van der Waals surface area contributed by atoms with Crippen LogP contribution in [0.3, 0.4) is 0 Å². The van der Waals surface area contributed by atoms with E-state index in [9.17, 15) is 4.79 Å². The molecule has 1 fully saturated rings. The second-order valence-corrected chi connectivity index (χ2v) is 5.75. The van der Waals surface area contributed by atoms with Gasteiger partial charge in [-0.25, -0.2) is 0 Å². The van der Waals surface area contributed by atoms with Crippen molar-refractivity contribution in [2.24, 2.45) is 0 Å². The average Bonchev–Trinajstić information content (AvgIpc) is 2.53. The molecule has 1 saturated heterocycles. The van der Waals surface area contributed by atoms with Crippen molar-refractivity contribution in [2.75, 3.05) is 44.6 Å². The number of benzene rings is 1. The topological polar surface area (TPSA) is 44.8 Å². The van der Waals surface area contributed by atoms with E-state index in [1.165, 1.54) is 5.56 Å². The molecule has 1 aromatic rings. The molecular formula is C16H23N3O2. The van der Waals surface area contributed by atoms with E-state index in [2.05, 4.69) is 23.2 Å². The Morgan fingerprint density at radius 2 is 2.10 bits per heavy atom. The molecule has 0 aliphatic carbocycles. The largest absolute Gasteiger partial charge is 0.477 e. The van der Waals surface area contributed by atoms with Crippen molar-refractivity contribution < 1.29 is 9.53 Å². The highest BCUT2D eigenvalue weighted by atomic mass is 16.5. The van der Waals surface area contributed by atoms with Gasteiger partial charge in [0.2, 0.25) is 0 Å². The maximum Gasteiger partial charge on any atom is 0.265 e. The molecule has 0 spiro atoms. The van der Waals surface area contributed by atoms with Crippen LogP contribution >= 0.6 is 0 Å². The summed E-state index contributed by atoms with van der Waals surface area (Å²) in [5, 5.41) is 3.31. The Morgan fingerprint density at radius 1 is 1.33 bits per heavy atom. The highest BCUT2D eigenvalue weighted by molar-refractivity contribution is 5.83. The molecule has 2 aliphatic heterocycles. The third kappa shape index (κ3) is 2.97. The summed E-state index contributed by atoms with van der Waals surface area (Å²) in [5.74, 6) is 0.877. The smallest absolute Gasteiger partial charge is 0.265 e. The minimum Gasteiger partial charge on any atom is -0.477 e. The van der Waals surface area contributed by atoms with Crippen LogP contribution in [0.1, 0.15) is 12.5 Å². The number of fused-ring (bicyclic) bond motifs is 1. The van der Waals surface area contributed by atoms with Gasteiger partial charge in [-0.2, -0.15) is 0 Å². The maximum absolute atomic E-state index is 12.6. The van der Waals surface area contributed by atoms with Gasteiger partial charge in [0.25, 0.3) is 5.91 Å². The van der Waals surface area contributed by atoms with Crippen LogP contribution in [-0.4, -0.2) is 61.1 Å². The zero-order chi connectivity index (χ0) is 14.8. The molecule has 0 aromatic heterocycles. The summed E-state index contributed by atoms with van der Waals surface area (Å²) in [4.78, 5) is 16.9. The molecule has 1 atom stereocenters. The van der Waals surface area contributed by atoms with Gasteiger partial charge < -0.3 is 19.9 Å². The third-order valence-corrected chi connectivity index (χ3v) is 4.29. The predicted octanol–water partition coefficient (Wildman–Crippen LogP) is 1.33. The number of nitrogens with zero attached hydrogens (tertiary/aromatic N) is 2. The summed E-state index contributed by atoms with van der Waals surface area (Å²) in [6, 6.07) is 6.00. The molecule has 5 heteroatoms. The molecule has 1 amide bonds. The maximum atomic E-state index is 12.6. The van der Waals surface area contributed by atoms with Crippen molar-refractivity contribution in [3.05, 3.63) is 23.8 Å². The van der Waals surface area contributed by atoms with Crippen LogP contribution in [0, 0.1) is 6.92 Å². The normalized spacial score (nSPS) is 22.2. The lowest BCUT2D eigenvalue weighted by molar-refractivity contribution is -0.140. The lowest BCUT2D eigenvalue weighted by atomic mass is 10.1. The van der Waals surface area contributed by atoms with E-state index in [1.54, 1.807) is 0 Å². The van der Waals surface area contributed by atoms with Crippen molar-refractivity contribution in [1.29, 1.82) is 0 Å². The molecule has 2 heterocycles. The summed E-state index contributed by atoms with van der Waals surface area (Å²) < 4.78 is 5.89. The summed E-state index contributed by atoms with van der Waals surface area (Å²) >= 11 is 0. The summed E-state index contributed by atoms with van der Waals surface area (Å²) in [5.41, 5.74) is 2.17. The SMILES string of the molecule is CCN1CCN(C(=O)C2CNc3cc(C)ccc3O2)CC1. The van der Waals surface area contributed by atoms with Gasteiger partial charge in [0.15, 0.2) is 6.10 Å². The lowest BCUT2D eigenvalue weighted by Gasteiger charge is -2.37. The molecule has 1 unspecified atom stereocenters. The van der Waals surface area contributed by atoms with E-state index in [4.69, 9.17) is 4.74 Å². The van der Waals surface area contributed by atoms with Crippen LogP contribution in [0.4, 0.5) is 5.69 Å². The molecule has 5 nitrogen and oxygen atoms in total. The first-order valence-electron chi connectivity index (χ1n) is 7.69. The highest BCUT2D eigenvalue weighted by Crippen LogP contribution is 2.30. The Bertz CT molecular complexity index is 524. The molecule has 21 heavy (non-hydrogen) atoms. The van der Waals surface area contributed by atoms with Crippen LogP contribution in [-0.2, 0) is 4.79 Å². The zero-order valence-corrected chi connectivity index (χ0v) is 12.8. The van der Waals surface area contributed by atoms with Crippen molar-refractivity contribution in [2.45, 2.75) is 20.0 Å². The molecule has 0 saturated carbocycles. The monoisotopic (exact) mass is 289 g/mol. The van der Waals surface area contributed by atoms with Gasteiger partial charge in [0.05, 0.1) is 12.2 Å². The minimum atomic E-state index is -0.409. The van der Waals surface area contributed by atoms with Crippen LogP contribution in [0.5, 0.6) is 5.75 Å². The number of anilines is 1. The highest BCUT2D eigenvalue weighted by Gasteiger charge is 2.31. The second-order valence-electron chi connectivity index (χ2n) is 5.75. The first kappa shape index (κ1) is 14.2. The number of carbonyl (C=O) groups is 1. The Morgan fingerprint density at radius 3 is 2.81 bits per heavy atom. The number of aryl methyl sites for hydroxylation is 1. The molecule has 1 N–H and O–H groups in total. The van der Waals surface area contributed by atoms with Gasteiger partial charge >= 0.3 is 0 Å². The van der Waals surface area contributed by atoms with Crippen LogP contribution in [0.15, 0.2) is 18.2 Å². The summed E-state index contributed by atoms with van der Waals surface area (Å²) in [6.07, 6.45) is -0.409. The van der Waals surface area contributed by atoms with Crippen LogP contribution < -0.4 is 10.1 Å². The van der Waals surface area contributed by atoms with Crippen LogP contribution in [0.25, 0.3) is 0 Å². The number of amides is 1. The Labute approximate surface area is 125 Å². The summed E-state index contributed by atoms with van der Waals surface area (Å²) in [6.45, 7) is 9.31. The Hall–Kier alpha value is -1.75. The van der Waals surface area contributed by atoms with Gasteiger partial charge in [-0.05, 0) is 31.2 Å². The first-order valence-corrected chi connectivity index (χ1v) is 7.69. The molecule has 1 aromatic carbocycles. The fourth-order valence-electron chi connectivity index (χ4n) is 2.91. The van der Waals surface area contributed by atoms with Gasteiger partial charge in [-0.3, -0.25) is 4.79 Å². The number of hydrogen-bond acceptors (Lipinski definition) is 4. The van der Waals surface area contributed by atoms with E-state index >= 15 is 0 Å². The van der Waals surface area contributed by atoms with Crippen molar-refractivity contribution in [1.82, 2.24) is 9.80 Å². The zero-order valence-electron chi connectivity index (χ0n) is 12.8. The molecule has 3 rings (SSSR count). The molecule has 0 bridgehead atoms. The lowest BCUT2D eigenvalue weighted by Crippen LogP contribution is -2.54. The van der Waals surface area contributed by atoms with Gasteiger partial charge in [-0.1, -0.05) is 13.0 Å².